The van der Waals surface area contributed by atoms with Crippen molar-refractivity contribution in [3.05, 3.63) is 20.3 Å². The second-order valence-corrected chi connectivity index (χ2v) is 4.96. The average Bonchev–Trinajstić information content (AvgIpc) is 2.41. The molecule has 1 unspecified atom stereocenters. The lowest BCUT2D eigenvalue weighted by molar-refractivity contribution is 0.286. The maximum Gasteiger partial charge on any atom is 0.0991 e. The molecule has 0 aliphatic rings. The number of thiophene rings is 1. The highest BCUT2D eigenvalue weighted by Crippen LogP contribution is 2.34. The van der Waals surface area contributed by atoms with E-state index in [9.17, 15) is 0 Å². The molecule has 0 radical (unpaired) electrons. The van der Waals surface area contributed by atoms with Crippen molar-refractivity contribution in [1.29, 1.82) is 0 Å². The monoisotopic (exact) mass is 239 g/mol. The molecule has 1 heterocycles. The quantitative estimate of drug-likeness (QED) is 0.848. The van der Waals surface area contributed by atoms with Gasteiger partial charge in [-0.3, -0.25) is 0 Å². The minimum atomic E-state index is 0.125. The van der Waals surface area contributed by atoms with Crippen molar-refractivity contribution in [2.75, 3.05) is 13.2 Å². The van der Waals surface area contributed by atoms with Gasteiger partial charge >= 0.3 is 0 Å². The van der Waals surface area contributed by atoms with Gasteiger partial charge in [0.2, 0.25) is 0 Å². The summed E-state index contributed by atoms with van der Waals surface area (Å²) in [7, 11) is 0. The van der Waals surface area contributed by atoms with Gasteiger partial charge in [0.05, 0.1) is 15.3 Å². The number of aliphatic hydroxyl groups excluding tert-OH is 1. The summed E-state index contributed by atoms with van der Waals surface area (Å²) >= 11 is 13.1. The first kappa shape index (κ1) is 11.3. The van der Waals surface area contributed by atoms with Crippen LogP contribution in [0.4, 0.5) is 0 Å². The fourth-order valence-electron chi connectivity index (χ4n) is 1.04. The lowest BCUT2D eigenvalue weighted by Gasteiger charge is -2.11. The van der Waals surface area contributed by atoms with Crippen LogP contribution in [0.5, 0.6) is 0 Å². The van der Waals surface area contributed by atoms with Crippen LogP contribution in [0, 0.1) is 0 Å². The van der Waals surface area contributed by atoms with Crippen LogP contribution in [0.1, 0.15) is 18.5 Å². The van der Waals surface area contributed by atoms with Crippen molar-refractivity contribution >= 4 is 34.5 Å². The Bertz CT molecular complexity index is 277. The van der Waals surface area contributed by atoms with Gasteiger partial charge in [-0.15, -0.1) is 11.3 Å². The number of halogens is 2. The van der Waals surface area contributed by atoms with E-state index in [0.29, 0.717) is 15.2 Å². The molecule has 5 heteroatoms. The molecule has 0 aliphatic heterocycles. The summed E-state index contributed by atoms with van der Waals surface area (Å²) < 4.78 is 1.40. The fourth-order valence-corrected chi connectivity index (χ4v) is 2.68. The second-order valence-electron chi connectivity index (χ2n) is 2.68. The van der Waals surface area contributed by atoms with Crippen LogP contribution in [0.25, 0.3) is 0 Å². The third-order valence-electron chi connectivity index (χ3n) is 1.71. The zero-order valence-electron chi connectivity index (χ0n) is 7.18. The molecule has 2 nitrogen and oxygen atoms in total. The van der Waals surface area contributed by atoms with Crippen LogP contribution >= 0.6 is 34.5 Å². The van der Waals surface area contributed by atoms with Crippen LogP contribution < -0.4 is 5.32 Å². The number of hydrogen-bond donors (Lipinski definition) is 2. The topological polar surface area (TPSA) is 32.3 Å². The lowest BCUT2D eigenvalue weighted by Crippen LogP contribution is -2.21. The Balaban J connectivity index is 2.64. The van der Waals surface area contributed by atoms with Crippen LogP contribution in [-0.4, -0.2) is 18.3 Å². The molecule has 0 fully saturated rings. The number of hydrogen-bond acceptors (Lipinski definition) is 3. The van der Waals surface area contributed by atoms with Crippen LogP contribution in [0.15, 0.2) is 6.07 Å². The average molecular weight is 240 g/mol. The van der Waals surface area contributed by atoms with E-state index in [1.165, 1.54) is 11.3 Å². The first-order valence-electron chi connectivity index (χ1n) is 3.94. The van der Waals surface area contributed by atoms with Crippen molar-refractivity contribution in [3.63, 3.8) is 0 Å². The molecular weight excluding hydrogens is 229 g/mol. The molecular formula is C8H11Cl2NOS. The number of nitrogens with one attached hydrogen (secondary N) is 1. The minimum Gasteiger partial charge on any atom is -0.395 e. The van der Waals surface area contributed by atoms with Crippen molar-refractivity contribution in [1.82, 2.24) is 5.32 Å². The molecule has 1 rings (SSSR count). The molecule has 1 aromatic heterocycles. The first-order valence-corrected chi connectivity index (χ1v) is 5.51. The highest BCUT2D eigenvalue weighted by molar-refractivity contribution is 7.20. The maximum atomic E-state index is 8.62. The zero-order chi connectivity index (χ0) is 9.84. The van der Waals surface area contributed by atoms with Crippen LogP contribution in [0.3, 0.4) is 0 Å². The number of rotatable bonds is 4. The molecule has 0 amide bonds. The normalized spacial score (nSPS) is 13.2. The van der Waals surface area contributed by atoms with E-state index in [-0.39, 0.29) is 12.6 Å². The third kappa shape index (κ3) is 3.11. The van der Waals surface area contributed by atoms with Gasteiger partial charge in [0.1, 0.15) is 0 Å². The summed E-state index contributed by atoms with van der Waals surface area (Å²) in [4.78, 5) is 0. The van der Waals surface area contributed by atoms with Gasteiger partial charge in [-0.2, -0.15) is 0 Å². The summed E-state index contributed by atoms with van der Waals surface area (Å²) in [5, 5.41) is 11.7. The SMILES string of the molecule is CC(NCCO)c1cc(Cl)sc1Cl. The molecule has 0 saturated heterocycles. The van der Waals surface area contributed by atoms with Gasteiger partial charge in [-0.1, -0.05) is 23.2 Å². The molecule has 1 aromatic rings. The molecule has 74 valence electrons. The van der Waals surface area contributed by atoms with Crippen LogP contribution in [0.2, 0.25) is 8.67 Å². The first-order chi connectivity index (χ1) is 6.15. The Morgan fingerprint density at radius 3 is 2.77 bits per heavy atom. The van der Waals surface area contributed by atoms with E-state index in [4.69, 9.17) is 28.3 Å². The molecule has 0 aliphatic carbocycles. The second kappa shape index (κ2) is 5.17. The Kier molecular flexibility index (Phi) is 4.49. The Hall–Kier alpha value is 0.200. The van der Waals surface area contributed by atoms with Gasteiger partial charge < -0.3 is 10.4 Å². The summed E-state index contributed by atoms with van der Waals surface area (Å²) in [6.07, 6.45) is 0. The minimum absolute atomic E-state index is 0.125. The summed E-state index contributed by atoms with van der Waals surface area (Å²) in [5.74, 6) is 0. The Morgan fingerprint density at radius 1 is 1.62 bits per heavy atom. The highest BCUT2D eigenvalue weighted by atomic mass is 35.5. The fraction of sp³-hybridized carbons (Fsp3) is 0.500. The van der Waals surface area contributed by atoms with Crippen molar-refractivity contribution in [3.8, 4) is 0 Å². The van der Waals surface area contributed by atoms with E-state index >= 15 is 0 Å². The van der Waals surface area contributed by atoms with Crippen LogP contribution in [-0.2, 0) is 0 Å². The number of aliphatic hydroxyl groups is 1. The molecule has 13 heavy (non-hydrogen) atoms. The standard InChI is InChI=1S/C8H11Cl2NOS/c1-5(11-2-3-12)6-4-7(9)13-8(6)10/h4-5,11-12H,2-3H2,1H3. The summed E-state index contributed by atoms with van der Waals surface area (Å²) in [6.45, 7) is 2.67. The van der Waals surface area contributed by atoms with Crippen molar-refractivity contribution in [2.45, 2.75) is 13.0 Å². The van der Waals surface area contributed by atoms with E-state index in [0.717, 1.165) is 5.56 Å². The molecule has 0 saturated carbocycles. The smallest absolute Gasteiger partial charge is 0.0991 e. The molecule has 1 atom stereocenters. The van der Waals surface area contributed by atoms with Gasteiger partial charge in [-0.25, -0.2) is 0 Å². The van der Waals surface area contributed by atoms with E-state index in [2.05, 4.69) is 5.32 Å². The third-order valence-corrected chi connectivity index (χ3v) is 3.23. The molecule has 0 spiro atoms. The predicted molar refractivity (Wildman–Crippen MR) is 57.8 cm³/mol. The molecule has 2 N–H and O–H groups in total. The van der Waals surface area contributed by atoms with Crippen molar-refractivity contribution in [2.24, 2.45) is 0 Å². The van der Waals surface area contributed by atoms with E-state index < -0.39 is 0 Å². The predicted octanol–water partition coefficient (Wildman–Crippen LogP) is 2.70. The summed E-state index contributed by atoms with van der Waals surface area (Å²) in [6, 6.07) is 1.98. The Morgan fingerprint density at radius 2 is 2.31 bits per heavy atom. The maximum absolute atomic E-state index is 8.62. The highest BCUT2D eigenvalue weighted by Gasteiger charge is 2.11. The molecule has 0 aromatic carbocycles. The lowest BCUT2D eigenvalue weighted by atomic mass is 10.2. The van der Waals surface area contributed by atoms with Gasteiger partial charge in [0.15, 0.2) is 0 Å². The largest absolute Gasteiger partial charge is 0.395 e. The summed E-state index contributed by atoms with van der Waals surface area (Å²) in [5.41, 5.74) is 0.991. The van der Waals surface area contributed by atoms with Crippen molar-refractivity contribution < 1.29 is 5.11 Å². The van der Waals surface area contributed by atoms with E-state index in [1.807, 2.05) is 13.0 Å². The van der Waals surface area contributed by atoms with Gasteiger partial charge in [0, 0.05) is 12.6 Å². The molecule has 0 bridgehead atoms. The Labute approximate surface area is 91.5 Å². The van der Waals surface area contributed by atoms with Gasteiger partial charge in [0.25, 0.3) is 0 Å². The van der Waals surface area contributed by atoms with Gasteiger partial charge in [-0.05, 0) is 18.6 Å². The zero-order valence-corrected chi connectivity index (χ0v) is 9.51. The van der Waals surface area contributed by atoms with E-state index in [1.54, 1.807) is 0 Å².